The molecule has 0 bridgehead atoms. The minimum absolute atomic E-state index is 0.157. The molecule has 110 valence electrons. The molecule has 21 heavy (non-hydrogen) atoms. The molecule has 0 radical (unpaired) electrons. The Labute approximate surface area is 128 Å². The van der Waals surface area contributed by atoms with Crippen LogP contribution in [0.1, 0.15) is 5.56 Å². The summed E-state index contributed by atoms with van der Waals surface area (Å²) in [4.78, 5) is 13.9. The van der Waals surface area contributed by atoms with Crippen LogP contribution in [0.25, 0.3) is 0 Å². The zero-order valence-corrected chi connectivity index (χ0v) is 12.5. The minimum atomic E-state index is -0.535. The van der Waals surface area contributed by atoms with E-state index >= 15 is 0 Å². The van der Waals surface area contributed by atoms with E-state index in [1.807, 2.05) is 24.3 Å². The van der Waals surface area contributed by atoms with Crippen molar-refractivity contribution in [3.05, 3.63) is 50.6 Å². The van der Waals surface area contributed by atoms with Gasteiger partial charge in [-0.25, -0.2) is 0 Å². The van der Waals surface area contributed by atoms with Crippen LogP contribution in [0.3, 0.4) is 0 Å². The number of ether oxygens (including phenoxy) is 2. The van der Waals surface area contributed by atoms with Gasteiger partial charge in [0.2, 0.25) is 0 Å². The number of nitrogens with zero attached hydrogens (tertiary/aromatic N) is 3. The number of benzene rings is 1. The minimum Gasteiger partial charge on any atom is -0.443 e. The Balaban J connectivity index is 1.61. The van der Waals surface area contributed by atoms with Crippen molar-refractivity contribution < 1.29 is 14.4 Å². The molecule has 0 saturated carbocycles. The summed E-state index contributed by atoms with van der Waals surface area (Å²) in [5.74, 6) is -0.210. The summed E-state index contributed by atoms with van der Waals surface area (Å²) in [6, 6.07) is 8.12. The SMILES string of the molecule is O=[N+]([O-])c1cn2c(n1)OCC(OCc1ccc(Br)cc1)C2. The number of aromatic nitrogens is 2. The van der Waals surface area contributed by atoms with Gasteiger partial charge in [0.1, 0.15) is 18.9 Å². The van der Waals surface area contributed by atoms with Crippen molar-refractivity contribution >= 4 is 21.7 Å². The summed E-state index contributed by atoms with van der Waals surface area (Å²) >= 11 is 3.38. The zero-order chi connectivity index (χ0) is 14.8. The lowest BCUT2D eigenvalue weighted by molar-refractivity contribution is -0.389. The molecule has 1 aliphatic heterocycles. The predicted molar refractivity (Wildman–Crippen MR) is 77.1 cm³/mol. The standard InChI is InChI=1S/C13H12BrN3O4/c14-10-3-1-9(2-4-10)7-20-11-5-16-6-12(17(18)19)15-13(16)21-8-11/h1-4,6,11H,5,7-8H2. The quantitative estimate of drug-likeness (QED) is 0.623. The molecule has 0 N–H and O–H groups in total. The smallest absolute Gasteiger partial charge is 0.414 e. The first-order valence-electron chi connectivity index (χ1n) is 6.32. The third-order valence-corrected chi connectivity index (χ3v) is 3.64. The maximum absolute atomic E-state index is 10.7. The Morgan fingerprint density at radius 2 is 2.24 bits per heavy atom. The molecule has 7 nitrogen and oxygen atoms in total. The van der Waals surface area contributed by atoms with Crippen LogP contribution in [0.15, 0.2) is 34.9 Å². The van der Waals surface area contributed by atoms with Gasteiger partial charge in [0.05, 0.1) is 13.2 Å². The maximum Gasteiger partial charge on any atom is 0.414 e. The molecular weight excluding hydrogens is 342 g/mol. The molecule has 2 aromatic rings. The molecule has 1 aromatic heterocycles. The number of hydrogen-bond acceptors (Lipinski definition) is 5. The monoisotopic (exact) mass is 353 g/mol. The Morgan fingerprint density at radius 3 is 2.95 bits per heavy atom. The summed E-state index contributed by atoms with van der Waals surface area (Å²) in [5.41, 5.74) is 1.06. The molecule has 0 spiro atoms. The van der Waals surface area contributed by atoms with Crippen LogP contribution in [0.2, 0.25) is 0 Å². The highest BCUT2D eigenvalue weighted by Gasteiger charge is 2.28. The number of nitro groups is 1. The molecule has 1 aromatic carbocycles. The number of imidazole rings is 1. The first kappa shape index (κ1) is 14.0. The van der Waals surface area contributed by atoms with Gasteiger partial charge < -0.3 is 19.6 Å². The molecule has 0 fully saturated rings. The topological polar surface area (TPSA) is 79.4 Å². The number of fused-ring (bicyclic) bond motifs is 1. The highest BCUT2D eigenvalue weighted by molar-refractivity contribution is 9.10. The van der Waals surface area contributed by atoms with E-state index in [0.29, 0.717) is 19.8 Å². The van der Waals surface area contributed by atoms with E-state index in [1.165, 1.54) is 6.20 Å². The highest BCUT2D eigenvalue weighted by Crippen LogP contribution is 2.22. The molecule has 8 heteroatoms. The van der Waals surface area contributed by atoms with Crippen LogP contribution in [0.5, 0.6) is 6.01 Å². The van der Waals surface area contributed by atoms with Crippen molar-refractivity contribution in [2.45, 2.75) is 19.3 Å². The van der Waals surface area contributed by atoms with Gasteiger partial charge in [-0.2, -0.15) is 0 Å². The first-order chi connectivity index (χ1) is 10.1. The van der Waals surface area contributed by atoms with Crippen LogP contribution < -0.4 is 4.74 Å². The maximum atomic E-state index is 10.7. The van der Waals surface area contributed by atoms with Crippen molar-refractivity contribution in [1.29, 1.82) is 0 Å². The van der Waals surface area contributed by atoms with E-state index in [1.54, 1.807) is 4.57 Å². The lowest BCUT2D eigenvalue weighted by atomic mass is 10.2. The Bertz CT molecular complexity index is 656. The Hall–Kier alpha value is -1.93. The van der Waals surface area contributed by atoms with Gasteiger partial charge in [-0.3, -0.25) is 4.57 Å². The number of halogens is 1. The molecule has 1 atom stereocenters. The van der Waals surface area contributed by atoms with E-state index in [9.17, 15) is 10.1 Å². The number of rotatable bonds is 4. The van der Waals surface area contributed by atoms with Crippen molar-refractivity contribution in [3.63, 3.8) is 0 Å². The molecule has 0 aliphatic carbocycles. The highest BCUT2D eigenvalue weighted by atomic mass is 79.9. The van der Waals surface area contributed by atoms with Gasteiger partial charge in [-0.05, 0) is 22.6 Å². The van der Waals surface area contributed by atoms with Gasteiger partial charge in [0.15, 0.2) is 0 Å². The van der Waals surface area contributed by atoms with Gasteiger partial charge in [-0.1, -0.05) is 28.1 Å². The lowest BCUT2D eigenvalue weighted by Gasteiger charge is -2.22. The molecular formula is C13H12BrN3O4. The van der Waals surface area contributed by atoms with E-state index in [4.69, 9.17) is 9.47 Å². The van der Waals surface area contributed by atoms with E-state index in [0.717, 1.165) is 10.0 Å². The van der Waals surface area contributed by atoms with Gasteiger partial charge in [0.25, 0.3) is 0 Å². The second kappa shape index (κ2) is 5.82. The zero-order valence-electron chi connectivity index (χ0n) is 10.9. The Kier molecular flexibility index (Phi) is 3.89. The predicted octanol–water partition coefficient (Wildman–Crippen LogP) is 2.53. The van der Waals surface area contributed by atoms with Crippen LogP contribution in [0, 0.1) is 10.1 Å². The van der Waals surface area contributed by atoms with Gasteiger partial charge in [0, 0.05) is 9.46 Å². The average molecular weight is 354 g/mol. The number of hydrogen-bond donors (Lipinski definition) is 0. The second-order valence-electron chi connectivity index (χ2n) is 4.66. The van der Waals surface area contributed by atoms with Gasteiger partial charge in [-0.15, -0.1) is 0 Å². The summed E-state index contributed by atoms with van der Waals surface area (Å²) in [5, 5.41) is 10.7. The summed E-state index contributed by atoms with van der Waals surface area (Å²) in [7, 11) is 0. The first-order valence-corrected chi connectivity index (χ1v) is 7.11. The van der Waals surface area contributed by atoms with E-state index in [-0.39, 0.29) is 17.9 Å². The van der Waals surface area contributed by atoms with Crippen molar-refractivity contribution in [1.82, 2.24) is 9.55 Å². The molecule has 1 aliphatic rings. The molecule has 2 heterocycles. The summed E-state index contributed by atoms with van der Waals surface area (Å²) in [6.45, 7) is 1.30. The van der Waals surface area contributed by atoms with E-state index in [2.05, 4.69) is 20.9 Å². The van der Waals surface area contributed by atoms with Crippen LogP contribution in [-0.2, 0) is 17.9 Å². The van der Waals surface area contributed by atoms with Crippen molar-refractivity contribution in [3.8, 4) is 6.01 Å². The fourth-order valence-electron chi connectivity index (χ4n) is 2.05. The van der Waals surface area contributed by atoms with E-state index < -0.39 is 4.92 Å². The van der Waals surface area contributed by atoms with Crippen molar-refractivity contribution in [2.75, 3.05) is 6.61 Å². The second-order valence-corrected chi connectivity index (χ2v) is 5.58. The molecule has 3 rings (SSSR count). The molecule has 1 unspecified atom stereocenters. The molecule has 0 amide bonds. The third-order valence-electron chi connectivity index (χ3n) is 3.11. The van der Waals surface area contributed by atoms with Gasteiger partial charge >= 0.3 is 11.8 Å². The van der Waals surface area contributed by atoms with Crippen LogP contribution in [-0.4, -0.2) is 27.2 Å². The van der Waals surface area contributed by atoms with Crippen LogP contribution in [0.4, 0.5) is 5.82 Å². The fraction of sp³-hybridized carbons (Fsp3) is 0.308. The summed E-state index contributed by atoms with van der Waals surface area (Å²) < 4.78 is 13.8. The molecule has 0 saturated heterocycles. The van der Waals surface area contributed by atoms with Crippen molar-refractivity contribution in [2.24, 2.45) is 0 Å². The largest absolute Gasteiger partial charge is 0.443 e. The lowest BCUT2D eigenvalue weighted by Crippen LogP contribution is -2.32. The summed E-state index contributed by atoms with van der Waals surface area (Å²) in [6.07, 6.45) is 1.21. The fourth-order valence-corrected chi connectivity index (χ4v) is 2.32. The van der Waals surface area contributed by atoms with Crippen LogP contribution >= 0.6 is 15.9 Å². The Morgan fingerprint density at radius 1 is 1.48 bits per heavy atom. The third kappa shape index (κ3) is 3.22. The average Bonchev–Trinajstić information content (AvgIpc) is 2.90. The normalized spacial score (nSPS) is 17.1.